The third-order valence-electron chi connectivity index (χ3n) is 3.92. The summed E-state index contributed by atoms with van der Waals surface area (Å²) in [5.41, 5.74) is 1.30. The van der Waals surface area contributed by atoms with Crippen LogP contribution < -0.4 is 4.74 Å². The molecule has 4 heteroatoms. The van der Waals surface area contributed by atoms with Gasteiger partial charge in [0.05, 0.1) is 7.11 Å². The van der Waals surface area contributed by atoms with Crippen molar-refractivity contribution in [2.45, 2.75) is 26.7 Å². The maximum atomic E-state index is 12.2. The molecule has 1 aromatic carbocycles. The number of hydrogen-bond acceptors (Lipinski definition) is 3. The summed E-state index contributed by atoms with van der Waals surface area (Å²) in [6.07, 6.45) is 1.95. The number of Topliss-reactive ketones (excluding diaryl/α,β-unsaturated/α-hetero) is 1. The minimum Gasteiger partial charge on any atom is -0.496 e. The van der Waals surface area contributed by atoms with Crippen LogP contribution in [0.3, 0.4) is 0 Å². The van der Waals surface area contributed by atoms with Crippen molar-refractivity contribution in [2.24, 2.45) is 5.92 Å². The van der Waals surface area contributed by atoms with Gasteiger partial charge < -0.3 is 9.64 Å². The molecule has 1 heterocycles. The van der Waals surface area contributed by atoms with Crippen molar-refractivity contribution in [3.8, 4) is 5.75 Å². The van der Waals surface area contributed by atoms with E-state index in [4.69, 9.17) is 4.74 Å². The summed E-state index contributed by atoms with van der Waals surface area (Å²) >= 11 is 0. The van der Waals surface area contributed by atoms with Crippen molar-refractivity contribution in [3.63, 3.8) is 0 Å². The number of methoxy groups -OCH3 is 1. The molecule has 0 aliphatic carbocycles. The quantitative estimate of drug-likeness (QED) is 0.629. The molecule has 0 saturated carbocycles. The molecule has 4 nitrogen and oxygen atoms in total. The molecule has 1 amide bonds. The van der Waals surface area contributed by atoms with Gasteiger partial charge >= 0.3 is 0 Å². The maximum Gasteiger partial charge on any atom is 0.294 e. The fourth-order valence-electron chi connectivity index (χ4n) is 2.50. The number of ether oxygens (including phenoxy) is 1. The Morgan fingerprint density at radius 2 is 1.90 bits per heavy atom. The van der Waals surface area contributed by atoms with E-state index in [-0.39, 0.29) is 5.91 Å². The number of piperidine rings is 1. The third-order valence-corrected chi connectivity index (χ3v) is 3.92. The van der Waals surface area contributed by atoms with Crippen molar-refractivity contribution < 1.29 is 14.3 Å². The SMILES string of the molecule is COc1ccc(C(=O)C(=O)N2CCC(C)CC2)cc1C. The molecule has 1 aromatic rings. The molecule has 0 bridgehead atoms. The average Bonchev–Trinajstić information content (AvgIpc) is 2.46. The standard InChI is InChI=1S/C16H21NO3/c1-11-6-8-17(9-7-11)16(19)15(18)13-4-5-14(20-3)12(2)10-13/h4-5,10-11H,6-9H2,1-3H3. The number of rotatable bonds is 3. The van der Waals surface area contributed by atoms with Gasteiger partial charge in [-0.2, -0.15) is 0 Å². The van der Waals surface area contributed by atoms with Gasteiger partial charge in [-0.05, 0) is 49.4 Å². The van der Waals surface area contributed by atoms with E-state index in [1.807, 2.05) is 6.92 Å². The lowest BCUT2D eigenvalue weighted by molar-refractivity contribution is -0.127. The Labute approximate surface area is 119 Å². The van der Waals surface area contributed by atoms with Gasteiger partial charge in [0, 0.05) is 18.7 Å². The van der Waals surface area contributed by atoms with E-state index in [0.29, 0.717) is 24.6 Å². The molecule has 0 N–H and O–H groups in total. The molecule has 1 fully saturated rings. The number of ketones is 1. The molecule has 0 aromatic heterocycles. The summed E-state index contributed by atoms with van der Waals surface area (Å²) in [6.45, 7) is 5.40. The highest BCUT2D eigenvalue weighted by Crippen LogP contribution is 2.20. The molecule has 1 aliphatic rings. The zero-order valence-corrected chi connectivity index (χ0v) is 12.3. The highest BCUT2D eigenvalue weighted by atomic mass is 16.5. The minimum absolute atomic E-state index is 0.388. The molecule has 108 valence electrons. The van der Waals surface area contributed by atoms with Gasteiger partial charge in [-0.1, -0.05) is 6.92 Å². The molecule has 0 atom stereocenters. The lowest BCUT2D eigenvalue weighted by Crippen LogP contribution is -2.41. The Morgan fingerprint density at radius 1 is 1.25 bits per heavy atom. The van der Waals surface area contributed by atoms with Crippen molar-refractivity contribution in [3.05, 3.63) is 29.3 Å². The molecule has 0 unspecified atom stereocenters. The first-order chi connectivity index (χ1) is 9.52. The molecule has 1 saturated heterocycles. The fraction of sp³-hybridized carbons (Fsp3) is 0.500. The molecule has 20 heavy (non-hydrogen) atoms. The molecule has 0 radical (unpaired) electrons. The number of likely N-dealkylation sites (tertiary alicyclic amines) is 1. The first-order valence-corrected chi connectivity index (χ1v) is 7.01. The van der Waals surface area contributed by atoms with Crippen molar-refractivity contribution >= 4 is 11.7 Å². The predicted octanol–water partition coefficient (Wildman–Crippen LogP) is 2.44. The summed E-state index contributed by atoms with van der Waals surface area (Å²) < 4.78 is 5.16. The summed E-state index contributed by atoms with van der Waals surface area (Å²) in [5, 5.41) is 0. The Balaban J connectivity index is 2.10. The summed E-state index contributed by atoms with van der Waals surface area (Å²) in [5.74, 6) is 0.546. The molecule has 1 aliphatic heterocycles. The zero-order valence-electron chi connectivity index (χ0n) is 12.3. The van der Waals surface area contributed by atoms with E-state index in [9.17, 15) is 9.59 Å². The third kappa shape index (κ3) is 3.00. The second-order valence-corrected chi connectivity index (χ2v) is 5.49. The number of carbonyl (C=O) groups excluding carboxylic acids is 2. The second kappa shape index (κ2) is 6.07. The number of hydrogen-bond donors (Lipinski definition) is 0. The van der Waals surface area contributed by atoms with Crippen molar-refractivity contribution in [2.75, 3.05) is 20.2 Å². The minimum atomic E-state index is -0.426. The van der Waals surface area contributed by atoms with Gasteiger partial charge in [0.15, 0.2) is 0 Å². The van der Waals surface area contributed by atoms with Gasteiger partial charge in [-0.25, -0.2) is 0 Å². The zero-order chi connectivity index (χ0) is 14.7. The van der Waals surface area contributed by atoms with Crippen LogP contribution in [0, 0.1) is 12.8 Å². The highest BCUT2D eigenvalue weighted by molar-refractivity contribution is 6.42. The first kappa shape index (κ1) is 14.6. The Hall–Kier alpha value is -1.84. The van der Waals surface area contributed by atoms with Crippen LogP contribution in [0.4, 0.5) is 0 Å². The molecule has 0 spiro atoms. The smallest absolute Gasteiger partial charge is 0.294 e. The van der Waals surface area contributed by atoms with E-state index in [2.05, 4.69) is 6.92 Å². The number of amides is 1. The Kier molecular flexibility index (Phi) is 4.42. The first-order valence-electron chi connectivity index (χ1n) is 7.01. The normalized spacial score (nSPS) is 16.1. The monoisotopic (exact) mass is 275 g/mol. The van der Waals surface area contributed by atoms with Crippen molar-refractivity contribution in [1.29, 1.82) is 0 Å². The van der Waals surface area contributed by atoms with E-state index in [0.717, 1.165) is 24.2 Å². The largest absolute Gasteiger partial charge is 0.496 e. The van der Waals surface area contributed by atoms with Crippen LogP contribution >= 0.6 is 0 Å². The number of aryl methyl sites for hydroxylation is 1. The Bertz CT molecular complexity index is 516. The molecule has 2 rings (SSSR count). The molecular weight excluding hydrogens is 254 g/mol. The van der Waals surface area contributed by atoms with Crippen LogP contribution in [0.15, 0.2) is 18.2 Å². The van der Waals surface area contributed by atoms with E-state index in [1.54, 1.807) is 30.2 Å². The summed E-state index contributed by atoms with van der Waals surface area (Å²) in [7, 11) is 1.59. The lowest BCUT2D eigenvalue weighted by atomic mass is 9.98. The number of nitrogens with zero attached hydrogens (tertiary/aromatic N) is 1. The van der Waals surface area contributed by atoms with Gasteiger partial charge in [-0.3, -0.25) is 9.59 Å². The van der Waals surface area contributed by atoms with Gasteiger partial charge in [0.1, 0.15) is 5.75 Å². The number of carbonyl (C=O) groups is 2. The van der Waals surface area contributed by atoms with Crippen LogP contribution in [0.25, 0.3) is 0 Å². The van der Waals surface area contributed by atoms with Crippen LogP contribution in [-0.4, -0.2) is 36.8 Å². The topological polar surface area (TPSA) is 46.6 Å². The van der Waals surface area contributed by atoms with Gasteiger partial charge in [0.25, 0.3) is 5.91 Å². The van der Waals surface area contributed by atoms with Crippen LogP contribution in [-0.2, 0) is 4.79 Å². The average molecular weight is 275 g/mol. The predicted molar refractivity (Wildman–Crippen MR) is 77.0 cm³/mol. The second-order valence-electron chi connectivity index (χ2n) is 5.49. The summed E-state index contributed by atoms with van der Waals surface area (Å²) in [6, 6.07) is 5.10. The summed E-state index contributed by atoms with van der Waals surface area (Å²) in [4.78, 5) is 26.1. The Morgan fingerprint density at radius 3 is 2.45 bits per heavy atom. The maximum absolute atomic E-state index is 12.2. The van der Waals surface area contributed by atoms with Crippen LogP contribution in [0.2, 0.25) is 0 Å². The van der Waals surface area contributed by atoms with Crippen LogP contribution in [0.5, 0.6) is 5.75 Å². The fourth-order valence-corrected chi connectivity index (χ4v) is 2.50. The van der Waals surface area contributed by atoms with Crippen LogP contribution in [0.1, 0.15) is 35.7 Å². The lowest BCUT2D eigenvalue weighted by Gasteiger charge is -2.29. The highest BCUT2D eigenvalue weighted by Gasteiger charge is 2.26. The number of benzene rings is 1. The molecular formula is C16H21NO3. The van der Waals surface area contributed by atoms with Crippen molar-refractivity contribution in [1.82, 2.24) is 4.90 Å². The van der Waals surface area contributed by atoms with Gasteiger partial charge in [0.2, 0.25) is 5.78 Å². The van der Waals surface area contributed by atoms with E-state index >= 15 is 0 Å². The van der Waals surface area contributed by atoms with E-state index in [1.165, 1.54) is 0 Å². The van der Waals surface area contributed by atoms with Gasteiger partial charge in [-0.15, -0.1) is 0 Å². The van der Waals surface area contributed by atoms with E-state index < -0.39 is 5.78 Å².